The number of aliphatic carboxylic acids is 2. The van der Waals surface area contributed by atoms with Gasteiger partial charge in [0.2, 0.25) is 0 Å². The first-order chi connectivity index (χ1) is 14.5. The van der Waals surface area contributed by atoms with Gasteiger partial charge in [-0.15, -0.1) is 0 Å². The average molecular weight is 471 g/mol. The highest BCUT2D eigenvalue weighted by Crippen LogP contribution is 2.39. The molecule has 1 saturated heterocycles. The Kier molecular flexibility index (Phi) is 6.23. The van der Waals surface area contributed by atoms with Crippen LogP contribution in [0, 0.1) is 0 Å². The molecule has 7 nitrogen and oxygen atoms in total. The predicted octanol–water partition coefficient (Wildman–Crippen LogP) is 4.09. The third kappa shape index (κ3) is 4.80. The van der Waals surface area contributed by atoms with E-state index in [1.165, 1.54) is 36.4 Å². The number of thioether (sulfide) groups is 1. The first-order valence-corrected chi connectivity index (χ1v) is 9.69. The summed E-state index contributed by atoms with van der Waals surface area (Å²) in [6.45, 7) is 0. The minimum absolute atomic E-state index is 0.0394. The largest absolute Gasteiger partial charge is 0.481 e. The molecule has 0 radical (unpaired) electrons. The highest BCUT2D eigenvalue weighted by Gasteiger charge is 2.41. The minimum Gasteiger partial charge on any atom is -0.481 e. The predicted molar refractivity (Wildman–Crippen MR) is 108 cm³/mol. The van der Waals surface area contributed by atoms with Crippen molar-refractivity contribution in [2.75, 3.05) is 0 Å². The zero-order valence-corrected chi connectivity index (χ0v) is 16.9. The molecule has 1 amide bonds. The van der Waals surface area contributed by atoms with Gasteiger partial charge in [-0.2, -0.15) is 13.2 Å². The number of rotatable bonds is 6. The molecular formula is C19H12F3NO6S2. The molecule has 1 aromatic heterocycles. The number of halogens is 3. The molecule has 0 spiro atoms. The molecule has 162 valence electrons. The fourth-order valence-corrected chi connectivity index (χ4v) is 4.19. The summed E-state index contributed by atoms with van der Waals surface area (Å²) in [5, 5.41) is 18.2. The van der Waals surface area contributed by atoms with Crippen molar-refractivity contribution < 1.29 is 42.2 Å². The van der Waals surface area contributed by atoms with Crippen LogP contribution in [0.25, 0.3) is 17.4 Å². The van der Waals surface area contributed by atoms with Gasteiger partial charge in [0.05, 0.1) is 16.9 Å². The van der Waals surface area contributed by atoms with Crippen LogP contribution in [0.4, 0.5) is 13.2 Å². The van der Waals surface area contributed by atoms with Crippen molar-refractivity contribution in [1.29, 1.82) is 0 Å². The molecule has 31 heavy (non-hydrogen) atoms. The number of amides is 1. The lowest BCUT2D eigenvalue weighted by Crippen LogP contribution is -2.45. The number of hydrogen-bond acceptors (Lipinski definition) is 6. The monoisotopic (exact) mass is 471 g/mol. The smallest absolute Gasteiger partial charge is 0.417 e. The Hall–Kier alpha value is -3.12. The van der Waals surface area contributed by atoms with Gasteiger partial charge in [0.15, 0.2) is 0 Å². The van der Waals surface area contributed by atoms with E-state index in [1.54, 1.807) is 0 Å². The number of carboxylic acid groups (broad SMARTS) is 2. The van der Waals surface area contributed by atoms with Crippen molar-refractivity contribution in [3.05, 3.63) is 52.6 Å². The number of carbonyl (C=O) groups excluding carboxylic acids is 1. The molecule has 0 saturated carbocycles. The Balaban J connectivity index is 1.91. The van der Waals surface area contributed by atoms with Crippen LogP contribution in [0.1, 0.15) is 17.7 Å². The van der Waals surface area contributed by atoms with E-state index in [1.807, 2.05) is 0 Å². The summed E-state index contributed by atoms with van der Waals surface area (Å²) in [5.41, 5.74) is -1.07. The van der Waals surface area contributed by atoms with E-state index in [9.17, 15) is 32.7 Å². The van der Waals surface area contributed by atoms with Crippen molar-refractivity contribution in [3.63, 3.8) is 0 Å². The molecule has 12 heteroatoms. The van der Waals surface area contributed by atoms with Gasteiger partial charge in [0, 0.05) is 11.6 Å². The van der Waals surface area contributed by atoms with Gasteiger partial charge in [-0.1, -0.05) is 42.2 Å². The zero-order chi connectivity index (χ0) is 22.9. The second-order valence-electron chi connectivity index (χ2n) is 6.25. The van der Waals surface area contributed by atoms with Crippen molar-refractivity contribution in [2.45, 2.75) is 18.6 Å². The quantitative estimate of drug-likeness (QED) is 0.479. The van der Waals surface area contributed by atoms with Crippen LogP contribution in [0.2, 0.25) is 0 Å². The lowest BCUT2D eigenvalue weighted by molar-refractivity contribution is -0.150. The molecule has 2 N–H and O–H groups in total. The molecule has 1 aliphatic rings. The van der Waals surface area contributed by atoms with E-state index in [4.69, 9.17) is 21.7 Å². The second-order valence-corrected chi connectivity index (χ2v) is 7.92. The SMILES string of the molecule is O=C(O)CC(C(=O)O)N1C(=O)C(=Cc2ccc(-c3ccccc3C(F)(F)F)o2)SC1=S. The Morgan fingerprint density at radius 1 is 1.19 bits per heavy atom. The topological polar surface area (TPSA) is 108 Å². The van der Waals surface area contributed by atoms with Crippen LogP contribution in [-0.4, -0.2) is 43.3 Å². The summed E-state index contributed by atoms with van der Waals surface area (Å²) < 4.78 is 45.0. The van der Waals surface area contributed by atoms with Crippen LogP contribution in [-0.2, 0) is 20.6 Å². The summed E-state index contributed by atoms with van der Waals surface area (Å²) >= 11 is 5.75. The second kappa shape index (κ2) is 8.55. The lowest BCUT2D eigenvalue weighted by atomic mass is 10.1. The number of alkyl halides is 3. The first-order valence-electron chi connectivity index (χ1n) is 8.47. The van der Waals surface area contributed by atoms with Crippen molar-refractivity contribution in [3.8, 4) is 11.3 Å². The maximum absolute atomic E-state index is 13.2. The average Bonchev–Trinajstić information content (AvgIpc) is 3.24. The van der Waals surface area contributed by atoms with E-state index in [-0.39, 0.29) is 26.3 Å². The molecule has 2 heterocycles. The van der Waals surface area contributed by atoms with Gasteiger partial charge < -0.3 is 14.6 Å². The highest BCUT2D eigenvalue weighted by molar-refractivity contribution is 8.26. The zero-order valence-electron chi connectivity index (χ0n) is 15.3. The molecule has 2 aromatic rings. The van der Waals surface area contributed by atoms with Crippen molar-refractivity contribution >= 4 is 52.2 Å². The molecule has 0 bridgehead atoms. The van der Waals surface area contributed by atoms with Crippen LogP contribution in [0.5, 0.6) is 0 Å². The summed E-state index contributed by atoms with van der Waals surface area (Å²) in [4.78, 5) is 35.6. The van der Waals surface area contributed by atoms with Crippen LogP contribution >= 0.6 is 24.0 Å². The lowest BCUT2D eigenvalue weighted by Gasteiger charge is -2.21. The Morgan fingerprint density at radius 2 is 1.87 bits per heavy atom. The number of carbonyl (C=O) groups is 3. The first kappa shape index (κ1) is 22.6. The third-order valence-corrected chi connectivity index (χ3v) is 5.52. The Morgan fingerprint density at radius 3 is 2.48 bits per heavy atom. The van der Waals surface area contributed by atoms with Crippen LogP contribution in [0.15, 0.2) is 45.7 Å². The van der Waals surface area contributed by atoms with Gasteiger partial charge in [-0.05, 0) is 18.2 Å². The summed E-state index contributed by atoms with van der Waals surface area (Å²) in [7, 11) is 0. The molecule has 1 unspecified atom stereocenters. The fraction of sp³-hybridized carbons (Fsp3) is 0.158. The number of furan rings is 1. The molecule has 1 atom stereocenters. The number of carboxylic acids is 2. The van der Waals surface area contributed by atoms with Gasteiger partial charge >= 0.3 is 18.1 Å². The summed E-state index contributed by atoms with van der Waals surface area (Å²) in [5.74, 6) is -3.84. The van der Waals surface area contributed by atoms with Gasteiger partial charge in [-0.25, -0.2) is 4.79 Å². The van der Waals surface area contributed by atoms with Crippen molar-refractivity contribution in [1.82, 2.24) is 4.90 Å². The van der Waals surface area contributed by atoms with E-state index in [0.717, 1.165) is 17.8 Å². The number of benzene rings is 1. The fourth-order valence-electron chi connectivity index (χ4n) is 2.85. The molecule has 3 rings (SSSR count). The summed E-state index contributed by atoms with van der Waals surface area (Å²) in [6.07, 6.45) is -4.24. The summed E-state index contributed by atoms with van der Waals surface area (Å²) in [6, 6.07) is 5.79. The van der Waals surface area contributed by atoms with Crippen molar-refractivity contribution in [2.24, 2.45) is 0 Å². The molecule has 1 aromatic carbocycles. The van der Waals surface area contributed by atoms with E-state index in [0.29, 0.717) is 4.90 Å². The van der Waals surface area contributed by atoms with Crippen LogP contribution < -0.4 is 0 Å². The molecular weight excluding hydrogens is 459 g/mol. The normalized spacial score (nSPS) is 16.7. The Labute approximate surface area is 182 Å². The highest BCUT2D eigenvalue weighted by atomic mass is 32.2. The molecule has 1 aliphatic heterocycles. The van der Waals surface area contributed by atoms with E-state index < -0.39 is 42.0 Å². The van der Waals surface area contributed by atoms with E-state index >= 15 is 0 Å². The standard InChI is InChI=1S/C19H12F3NO6S2/c20-19(21,22)11-4-2-1-3-10(11)13-6-5-9(29-13)7-14-16(26)23(18(30)31-14)12(17(27)28)8-15(24)25/h1-7,12H,8H2,(H,24,25)(H,27,28). The molecule has 0 aliphatic carbocycles. The van der Waals surface area contributed by atoms with Gasteiger partial charge in [-0.3, -0.25) is 14.5 Å². The number of hydrogen-bond donors (Lipinski definition) is 2. The maximum atomic E-state index is 13.2. The van der Waals surface area contributed by atoms with Crippen LogP contribution in [0.3, 0.4) is 0 Å². The number of thiocarbonyl (C=S) groups is 1. The van der Waals surface area contributed by atoms with Gasteiger partial charge in [0.25, 0.3) is 5.91 Å². The van der Waals surface area contributed by atoms with Gasteiger partial charge in [0.1, 0.15) is 21.9 Å². The molecule has 1 fully saturated rings. The minimum atomic E-state index is -4.60. The number of nitrogens with zero attached hydrogens (tertiary/aromatic N) is 1. The maximum Gasteiger partial charge on any atom is 0.417 e. The third-order valence-electron chi connectivity index (χ3n) is 4.19. The van der Waals surface area contributed by atoms with E-state index in [2.05, 4.69) is 0 Å². The Bertz CT molecular complexity index is 1110.